The molecule has 0 heterocycles. The Morgan fingerprint density at radius 1 is 1.12 bits per heavy atom. The molecule has 0 radical (unpaired) electrons. The molecule has 2 nitrogen and oxygen atoms in total. The average Bonchev–Trinajstić information content (AvgIpc) is 2.29. The summed E-state index contributed by atoms with van der Waals surface area (Å²) in [5, 5.41) is 3.42. The first-order chi connectivity index (χ1) is 8.15. The van der Waals surface area contributed by atoms with Crippen molar-refractivity contribution in [2.24, 2.45) is 0 Å². The maximum Gasteiger partial charge on any atom is 0.0485 e. The van der Waals surface area contributed by atoms with Gasteiger partial charge in [0.15, 0.2) is 0 Å². The molecule has 2 rings (SSSR count). The van der Waals surface area contributed by atoms with Crippen molar-refractivity contribution >= 4 is 27.3 Å². The highest BCUT2D eigenvalue weighted by molar-refractivity contribution is 9.10. The van der Waals surface area contributed by atoms with Gasteiger partial charge in [-0.1, -0.05) is 34.1 Å². The Kier molecular flexibility index (Phi) is 3.69. The minimum absolute atomic E-state index is 0.255. The highest BCUT2D eigenvalue weighted by Crippen LogP contribution is 2.22. The van der Waals surface area contributed by atoms with Gasteiger partial charge in [0.05, 0.1) is 0 Å². The van der Waals surface area contributed by atoms with Crippen molar-refractivity contribution < 1.29 is 0 Å². The summed E-state index contributed by atoms with van der Waals surface area (Å²) in [6, 6.07) is 16.4. The second-order valence-corrected chi connectivity index (χ2v) is 4.96. The van der Waals surface area contributed by atoms with Crippen LogP contribution in [0.15, 0.2) is 53.0 Å². The Morgan fingerprint density at radius 2 is 1.82 bits per heavy atom. The van der Waals surface area contributed by atoms with Crippen molar-refractivity contribution in [3.63, 3.8) is 0 Å². The van der Waals surface area contributed by atoms with E-state index >= 15 is 0 Å². The van der Waals surface area contributed by atoms with E-state index in [2.05, 4.69) is 40.3 Å². The normalized spacial score (nSPS) is 12.1. The van der Waals surface area contributed by atoms with Gasteiger partial charge in [0.2, 0.25) is 0 Å². The van der Waals surface area contributed by atoms with E-state index in [1.807, 2.05) is 36.4 Å². The molecule has 0 aliphatic carbocycles. The van der Waals surface area contributed by atoms with Crippen molar-refractivity contribution in [1.29, 1.82) is 0 Å². The number of rotatable bonds is 3. The molecule has 2 aromatic carbocycles. The van der Waals surface area contributed by atoms with Crippen LogP contribution in [0.25, 0.3) is 0 Å². The fourth-order valence-electron chi connectivity index (χ4n) is 1.71. The van der Waals surface area contributed by atoms with Gasteiger partial charge in [0.25, 0.3) is 0 Å². The zero-order chi connectivity index (χ0) is 12.3. The van der Waals surface area contributed by atoms with Crippen molar-refractivity contribution in [2.45, 2.75) is 13.0 Å². The molecule has 0 saturated heterocycles. The van der Waals surface area contributed by atoms with Crippen LogP contribution in [-0.2, 0) is 0 Å². The largest absolute Gasteiger partial charge is 0.399 e. The van der Waals surface area contributed by atoms with Crippen LogP contribution in [0.4, 0.5) is 11.4 Å². The van der Waals surface area contributed by atoms with Gasteiger partial charge in [-0.15, -0.1) is 0 Å². The SMILES string of the molecule is CC(Nc1cccc(N)c1)c1ccc(Br)cc1. The molecule has 0 aromatic heterocycles. The quantitative estimate of drug-likeness (QED) is 0.831. The predicted molar refractivity (Wildman–Crippen MR) is 77.0 cm³/mol. The first kappa shape index (κ1) is 12.0. The molecule has 3 N–H and O–H groups in total. The summed E-state index contributed by atoms with van der Waals surface area (Å²) >= 11 is 3.43. The van der Waals surface area contributed by atoms with Gasteiger partial charge < -0.3 is 11.1 Å². The standard InChI is InChI=1S/C14H15BrN2/c1-10(11-5-7-12(15)8-6-11)17-14-4-2-3-13(16)9-14/h2-10,17H,16H2,1H3. The third-order valence-electron chi connectivity index (χ3n) is 2.64. The van der Waals surface area contributed by atoms with E-state index in [1.54, 1.807) is 0 Å². The maximum atomic E-state index is 5.75. The number of hydrogen-bond acceptors (Lipinski definition) is 2. The molecule has 0 spiro atoms. The van der Waals surface area contributed by atoms with Crippen LogP contribution >= 0.6 is 15.9 Å². The molecule has 0 saturated carbocycles. The zero-order valence-electron chi connectivity index (χ0n) is 9.65. The number of benzene rings is 2. The van der Waals surface area contributed by atoms with E-state index in [0.717, 1.165) is 15.8 Å². The Bertz CT molecular complexity index is 494. The molecule has 88 valence electrons. The zero-order valence-corrected chi connectivity index (χ0v) is 11.2. The lowest BCUT2D eigenvalue weighted by Crippen LogP contribution is -2.06. The first-order valence-electron chi connectivity index (χ1n) is 5.53. The fraction of sp³-hybridized carbons (Fsp3) is 0.143. The molecule has 0 aliphatic heterocycles. The average molecular weight is 291 g/mol. The van der Waals surface area contributed by atoms with Gasteiger partial charge in [-0.3, -0.25) is 0 Å². The molecule has 0 aliphatic rings. The van der Waals surface area contributed by atoms with Crippen molar-refractivity contribution in [1.82, 2.24) is 0 Å². The molecule has 1 atom stereocenters. The molecule has 0 fully saturated rings. The van der Waals surface area contributed by atoms with Crippen LogP contribution in [0, 0.1) is 0 Å². The summed E-state index contributed by atoms with van der Waals surface area (Å²) in [5.41, 5.74) is 8.81. The van der Waals surface area contributed by atoms with Gasteiger partial charge in [-0.2, -0.15) is 0 Å². The lowest BCUT2D eigenvalue weighted by Gasteiger charge is -2.16. The molecular formula is C14H15BrN2. The number of hydrogen-bond donors (Lipinski definition) is 2. The van der Waals surface area contributed by atoms with Gasteiger partial charge in [-0.25, -0.2) is 0 Å². The Labute approximate surface area is 110 Å². The van der Waals surface area contributed by atoms with Crippen molar-refractivity contribution in [3.05, 3.63) is 58.6 Å². The molecule has 0 bridgehead atoms. The molecule has 3 heteroatoms. The highest BCUT2D eigenvalue weighted by atomic mass is 79.9. The second kappa shape index (κ2) is 5.23. The minimum atomic E-state index is 0.255. The van der Waals surface area contributed by atoms with Gasteiger partial charge >= 0.3 is 0 Å². The van der Waals surface area contributed by atoms with Crippen LogP contribution in [-0.4, -0.2) is 0 Å². The highest BCUT2D eigenvalue weighted by Gasteiger charge is 2.04. The van der Waals surface area contributed by atoms with Crippen LogP contribution < -0.4 is 11.1 Å². The topological polar surface area (TPSA) is 38.0 Å². The van der Waals surface area contributed by atoms with E-state index < -0.39 is 0 Å². The van der Waals surface area contributed by atoms with E-state index in [-0.39, 0.29) is 6.04 Å². The summed E-state index contributed by atoms with van der Waals surface area (Å²) in [6.45, 7) is 2.13. The van der Waals surface area contributed by atoms with Crippen LogP contribution in [0.3, 0.4) is 0 Å². The molecular weight excluding hydrogens is 276 g/mol. The van der Waals surface area contributed by atoms with Crippen LogP contribution in [0.5, 0.6) is 0 Å². The van der Waals surface area contributed by atoms with Gasteiger partial charge in [0.1, 0.15) is 0 Å². The van der Waals surface area contributed by atoms with E-state index in [1.165, 1.54) is 5.56 Å². The third-order valence-corrected chi connectivity index (χ3v) is 3.17. The van der Waals surface area contributed by atoms with Gasteiger partial charge in [0, 0.05) is 21.9 Å². The third kappa shape index (κ3) is 3.24. The Hall–Kier alpha value is -1.48. The van der Waals surface area contributed by atoms with Crippen molar-refractivity contribution in [3.8, 4) is 0 Å². The number of halogens is 1. The smallest absolute Gasteiger partial charge is 0.0485 e. The van der Waals surface area contributed by atoms with E-state index in [4.69, 9.17) is 5.73 Å². The number of nitrogen functional groups attached to an aromatic ring is 1. The van der Waals surface area contributed by atoms with Crippen LogP contribution in [0.1, 0.15) is 18.5 Å². The summed E-state index contributed by atoms with van der Waals surface area (Å²) < 4.78 is 1.09. The lowest BCUT2D eigenvalue weighted by molar-refractivity contribution is 0.884. The molecule has 1 unspecified atom stereocenters. The summed E-state index contributed by atoms with van der Waals surface area (Å²) in [4.78, 5) is 0. The van der Waals surface area contributed by atoms with Crippen molar-refractivity contribution in [2.75, 3.05) is 11.1 Å². The molecule has 0 amide bonds. The second-order valence-electron chi connectivity index (χ2n) is 4.04. The lowest BCUT2D eigenvalue weighted by atomic mass is 10.1. The predicted octanol–water partition coefficient (Wildman–Crippen LogP) is 4.20. The summed E-state index contributed by atoms with van der Waals surface area (Å²) in [7, 11) is 0. The molecule has 17 heavy (non-hydrogen) atoms. The maximum absolute atomic E-state index is 5.75. The molecule has 2 aromatic rings. The minimum Gasteiger partial charge on any atom is -0.399 e. The Morgan fingerprint density at radius 3 is 2.47 bits per heavy atom. The number of nitrogens with two attached hydrogens (primary N) is 1. The fourth-order valence-corrected chi connectivity index (χ4v) is 1.98. The first-order valence-corrected chi connectivity index (χ1v) is 6.32. The van der Waals surface area contributed by atoms with E-state index in [0.29, 0.717) is 0 Å². The van der Waals surface area contributed by atoms with Crippen LogP contribution in [0.2, 0.25) is 0 Å². The van der Waals surface area contributed by atoms with Gasteiger partial charge in [-0.05, 0) is 42.8 Å². The number of nitrogens with one attached hydrogen (secondary N) is 1. The Balaban J connectivity index is 2.11. The number of anilines is 2. The monoisotopic (exact) mass is 290 g/mol. The summed E-state index contributed by atoms with van der Waals surface area (Å²) in [5.74, 6) is 0. The summed E-state index contributed by atoms with van der Waals surface area (Å²) in [6.07, 6.45) is 0. The van der Waals surface area contributed by atoms with E-state index in [9.17, 15) is 0 Å².